The number of nitrogens with two attached hydrogens (primary N) is 1. The maximum absolute atomic E-state index is 13.7. The smallest absolute Gasteiger partial charge is 0.458 e. The van der Waals surface area contributed by atoms with Crippen LogP contribution in [-0.4, -0.2) is 81.7 Å². The number of hydrogen-bond acceptors (Lipinski definition) is 13. The van der Waals surface area contributed by atoms with Gasteiger partial charge in [0, 0.05) is 48.2 Å². The summed E-state index contributed by atoms with van der Waals surface area (Å²) in [5.41, 5.74) is 7.07. The predicted octanol–water partition coefficient (Wildman–Crippen LogP) is 2.90. The first kappa shape index (κ1) is 47.3. The maximum Gasteiger partial charge on any atom is 0.515 e. The fourth-order valence-electron chi connectivity index (χ4n) is 7.93. The number of hydrogen-bond donors (Lipinski definition) is 6. The SMILES string of the molecule is CCc1c2c(nc3ccc(OC(=O)OCNC(=O)[C@H](CCCNC(N)=O)NC(=O)[C@H](Cc4ccccc4)NC(=O)CCC(=O)C(C)C)cc13)-c1cc3c(c(=O)n1C2)COC(=O)[C@]3(O)CC. The summed E-state index contributed by atoms with van der Waals surface area (Å²) in [7, 11) is 0. The molecule has 6 rings (SSSR count). The second-order valence-corrected chi connectivity index (χ2v) is 16.2. The lowest BCUT2D eigenvalue weighted by molar-refractivity contribution is -0.172. The Morgan fingerprint density at radius 1 is 0.938 bits per heavy atom. The molecule has 0 fully saturated rings. The molecule has 0 aliphatic carbocycles. The Labute approximate surface area is 373 Å². The molecule has 4 aromatic rings. The molecule has 5 amide bonds. The zero-order chi connectivity index (χ0) is 47.0. The highest BCUT2D eigenvalue weighted by Crippen LogP contribution is 2.40. The van der Waals surface area contributed by atoms with Gasteiger partial charge in [0.05, 0.1) is 29.0 Å². The van der Waals surface area contributed by atoms with Crippen LogP contribution < -0.4 is 37.3 Å². The van der Waals surface area contributed by atoms with Gasteiger partial charge in [-0.2, -0.15) is 0 Å². The van der Waals surface area contributed by atoms with E-state index in [1.165, 1.54) is 6.07 Å². The zero-order valence-corrected chi connectivity index (χ0v) is 36.6. The number of carbonyl (C=O) groups is 7. The number of ether oxygens (including phenoxy) is 3. The van der Waals surface area contributed by atoms with Crippen LogP contribution in [0.5, 0.6) is 5.75 Å². The topological polar surface area (TPSA) is 276 Å². The monoisotopic (exact) mass is 895 g/mol. The van der Waals surface area contributed by atoms with Crippen LogP contribution in [0.3, 0.4) is 0 Å². The van der Waals surface area contributed by atoms with Crippen molar-refractivity contribution in [3.05, 3.63) is 92.8 Å². The normalized spacial score (nSPS) is 15.7. The van der Waals surface area contributed by atoms with Crippen molar-refractivity contribution in [2.75, 3.05) is 13.3 Å². The predicted molar refractivity (Wildman–Crippen MR) is 234 cm³/mol. The molecule has 19 heteroatoms. The van der Waals surface area contributed by atoms with Gasteiger partial charge >= 0.3 is 18.2 Å². The van der Waals surface area contributed by atoms with Crippen LogP contribution in [0, 0.1) is 5.92 Å². The number of rotatable bonds is 19. The van der Waals surface area contributed by atoms with Crippen molar-refractivity contribution in [3.63, 3.8) is 0 Å². The van der Waals surface area contributed by atoms with Gasteiger partial charge < -0.3 is 50.9 Å². The second-order valence-electron chi connectivity index (χ2n) is 16.2. The largest absolute Gasteiger partial charge is 0.515 e. The molecular formula is C46H53N7O12. The molecule has 0 unspecified atom stereocenters. The number of esters is 1. The number of benzene rings is 2. The summed E-state index contributed by atoms with van der Waals surface area (Å²) in [6.45, 7) is 6.39. The number of aliphatic hydroxyl groups is 1. The van der Waals surface area contributed by atoms with Crippen LogP contribution in [0.2, 0.25) is 0 Å². The Balaban J connectivity index is 1.12. The summed E-state index contributed by atoms with van der Waals surface area (Å²) in [6.07, 6.45) is -0.463. The lowest BCUT2D eigenvalue weighted by Gasteiger charge is -2.31. The average molecular weight is 896 g/mol. The van der Waals surface area contributed by atoms with Gasteiger partial charge in [0.1, 0.15) is 30.2 Å². The fraction of sp³-hybridized carbons (Fsp3) is 0.413. The van der Waals surface area contributed by atoms with Gasteiger partial charge in [0.15, 0.2) is 12.3 Å². The molecule has 0 bridgehead atoms. The van der Waals surface area contributed by atoms with Crippen LogP contribution in [0.25, 0.3) is 22.3 Å². The minimum Gasteiger partial charge on any atom is -0.458 e. The van der Waals surface area contributed by atoms with Crippen LogP contribution >= 0.6 is 0 Å². The molecule has 19 nitrogen and oxygen atoms in total. The van der Waals surface area contributed by atoms with Gasteiger partial charge in [-0.15, -0.1) is 0 Å². The zero-order valence-electron chi connectivity index (χ0n) is 36.6. The van der Waals surface area contributed by atoms with E-state index in [1.54, 1.807) is 73.9 Å². The van der Waals surface area contributed by atoms with Gasteiger partial charge in [-0.3, -0.25) is 24.0 Å². The van der Waals surface area contributed by atoms with Crippen LogP contribution in [0.15, 0.2) is 59.4 Å². The molecule has 65 heavy (non-hydrogen) atoms. The highest BCUT2D eigenvalue weighted by Gasteiger charge is 2.45. The van der Waals surface area contributed by atoms with Crippen LogP contribution in [0.1, 0.15) is 87.6 Å². The second kappa shape index (κ2) is 20.6. The van der Waals surface area contributed by atoms with Crippen molar-refractivity contribution in [2.24, 2.45) is 11.7 Å². The molecule has 0 radical (unpaired) electrons. The average Bonchev–Trinajstić information content (AvgIpc) is 3.65. The number of amides is 5. The van der Waals surface area contributed by atoms with E-state index in [9.17, 15) is 43.5 Å². The number of pyridine rings is 2. The summed E-state index contributed by atoms with van der Waals surface area (Å²) >= 11 is 0. The van der Waals surface area contributed by atoms with Gasteiger partial charge in [-0.05, 0) is 61.1 Å². The van der Waals surface area contributed by atoms with Crippen molar-refractivity contribution in [3.8, 4) is 17.1 Å². The van der Waals surface area contributed by atoms with E-state index in [2.05, 4.69) is 21.3 Å². The molecule has 4 heterocycles. The van der Waals surface area contributed by atoms with E-state index in [1.807, 2.05) is 6.92 Å². The third kappa shape index (κ3) is 10.8. The molecular weight excluding hydrogens is 843 g/mol. The lowest BCUT2D eigenvalue weighted by Crippen LogP contribution is -2.54. The van der Waals surface area contributed by atoms with Crippen molar-refractivity contribution in [1.29, 1.82) is 0 Å². The van der Waals surface area contributed by atoms with E-state index in [-0.39, 0.29) is 86.8 Å². The summed E-state index contributed by atoms with van der Waals surface area (Å²) < 4.78 is 17.4. The minimum atomic E-state index is -1.97. The highest BCUT2D eigenvalue weighted by molar-refractivity contribution is 5.94. The number of ketones is 1. The number of fused-ring (bicyclic) bond motifs is 5. The quantitative estimate of drug-likeness (QED) is 0.0302. The van der Waals surface area contributed by atoms with Crippen LogP contribution in [0.4, 0.5) is 9.59 Å². The summed E-state index contributed by atoms with van der Waals surface area (Å²) in [5.74, 6) is -3.02. The number of Topliss-reactive ketones (excluding diaryl/α,β-unsaturated/α-hetero) is 1. The first-order valence-electron chi connectivity index (χ1n) is 21.5. The third-order valence-corrected chi connectivity index (χ3v) is 11.5. The van der Waals surface area contributed by atoms with E-state index >= 15 is 0 Å². The molecule has 7 N–H and O–H groups in total. The number of primary amides is 1. The summed E-state index contributed by atoms with van der Waals surface area (Å²) in [4.78, 5) is 108. The van der Waals surface area contributed by atoms with Crippen molar-refractivity contribution < 1.29 is 52.9 Å². The molecule has 2 aromatic carbocycles. The van der Waals surface area contributed by atoms with E-state index < -0.39 is 65.9 Å². The summed E-state index contributed by atoms with van der Waals surface area (Å²) in [6, 6.07) is 12.2. The minimum absolute atomic E-state index is 0.00215. The number of urea groups is 1. The molecule has 0 spiro atoms. The molecule has 2 aliphatic rings. The molecule has 0 saturated carbocycles. The number of carbonyl (C=O) groups excluding carboxylic acids is 7. The number of aromatic nitrogens is 2. The van der Waals surface area contributed by atoms with Crippen LogP contribution in [-0.2, 0) is 65.0 Å². The standard InChI is InChI=1S/C46H53N7O12/c1-5-28-29-20-27(14-15-33(29)51-39-30(28)22-53-36(39)21-32-31(42(53)58)23-63-43(59)46(32,62)6-2)65-45(61)64-24-49-40(56)34(13-10-18-48-44(47)60)52-41(57)35(19-26-11-8-7-9-12-26)50-38(55)17-16-37(54)25(3)4/h7-9,11-12,14-15,20-21,25,34-35,62H,5-6,10,13,16-19,22-24H2,1-4H3,(H,49,56)(H,50,55)(H,52,57)(H3,47,48,60)/t34-,35-,46-/m0/s1. The van der Waals surface area contributed by atoms with E-state index in [0.717, 1.165) is 16.7 Å². The fourth-order valence-corrected chi connectivity index (χ4v) is 7.93. The summed E-state index contributed by atoms with van der Waals surface area (Å²) in [5, 5.41) is 22.1. The lowest BCUT2D eigenvalue weighted by atomic mass is 9.86. The first-order chi connectivity index (χ1) is 31.0. The molecule has 0 saturated heterocycles. The van der Waals surface area contributed by atoms with Gasteiger partial charge in [0.2, 0.25) is 17.7 Å². The number of cyclic esters (lactones) is 1. The van der Waals surface area contributed by atoms with Crippen molar-refractivity contribution >= 4 is 52.6 Å². The molecule has 2 aromatic heterocycles. The molecule has 2 aliphatic heterocycles. The Morgan fingerprint density at radius 2 is 1.69 bits per heavy atom. The Bertz CT molecular complexity index is 2580. The van der Waals surface area contributed by atoms with Gasteiger partial charge in [-0.25, -0.2) is 19.4 Å². The highest BCUT2D eigenvalue weighted by atomic mass is 16.7. The van der Waals surface area contributed by atoms with E-state index in [4.69, 9.17) is 24.9 Å². The van der Waals surface area contributed by atoms with Crippen molar-refractivity contribution in [2.45, 2.75) is 103 Å². The third-order valence-electron chi connectivity index (χ3n) is 11.5. The van der Waals surface area contributed by atoms with Crippen molar-refractivity contribution in [1.82, 2.24) is 30.8 Å². The number of nitrogens with one attached hydrogen (secondary N) is 4. The maximum atomic E-state index is 13.7. The Hall–Kier alpha value is -7.15. The molecule has 3 atom stereocenters. The number of nitrogens with zero attached hydrogens (tertiary/aromatic N) is 2. The Kier molecular flexibility index (Phi) is 15.0. The van der Waals surface area contributed by atoms with E-state index in [0.29, 0.717) is 28.7 Å². The van der Waals surface area contributed by atoms with Gasteiger partial charge in [-0.1, -0.05) is 58.0 Å². The molecule has 344 valence electrons. The first-order valence-corrected chi connectivity index (χ1v) is 21.5. The van der Waals surface area contributed by atoms with Gasteiger partial charge in [0.25, 0.3) is 5.56 Å². The number of aryl methyl sites for hydroxylation is 1. The Morgan fingerprint density at radius 3 is 2.38 bits per heavy atom.